The van der Waals surface area contributed by atoms with Gasteiger partial charge in [-0.15, -0.1) is 13.2 Å². The molecule has 3 rings (SSSR count). The van der Waals surface area contributed by atoms with Gasteiger partial charge < -0.3 is 20.3 Å². The number of piperidine rings is 1. The predicted molar refractivity (Wildman–Crippen MR) is 105 cm³/mol. The highest BCUT2D eigenvalue weighted by atomic mass is 19.4. The summed E-state index contributed by atoms with van der Waals surface area (Å²) in [7, 11) is 0. The molecule has 34 heavy (non-hydrogen) atoms. The average Bonchev–Trinajstić information content (AvgIpc) is 2.73. The smallest absolute Gasteiger partial charge is 0.406 e. The molecule has 2 saturated heterocycles. The van der Waals surface area contributed by atoms with E-state index in [1.54, 1.807) is 4.90 Å². The van der Waals surface area contributed by atoms with Gasteiger partial charge in [0.1, 0.15) is 17.7 Å². The molecule has 2 aliphatic heterocycles. The molecular formula is C20H22F6N4O4. The van der Waals surface area contributed by atoms with Gasteiger partial charge in [-0.1, -0.05) is 0 Å². The molecule has 0 aromatic heterocycles. The van der Waals surface area contributed by atoms with Crippen LogP contribution in [0.5, 0.6) is 5.75 Å². The number of hydrogen-bond donors (Lipinski definition) is 2. The molecule has 0 spiro atoms. The van der Waals surface area contributed by atoms with Gasteiger partial charge in [0.15, 0.2) is 0 Å². The van der Waals surface area contributed by atoms with Gasteiger partial charge in [-0.3, -0.25) is 19.3 Å². The zero-order chi connectivity index (χ0) is 25.1. The highest BCUT2D eigenvalue weighted by Crippen LogP contribution is 2.29. The molecule has 1 aromatic carbocycles. The minimum atomic E-state index is -4.82. The van der Waals surface area contributed by atoms with Gasteiger partial charge in [-0.25, -0.2) is 0 Å². The Kier molecular flexibility index (Phi) is 7.58. The largest absolute Gasteiger partial charge is 0.573 e. The van der Waals surface area contributed by atoms with E-state index in [1.807, 2.05) is 5.32 Å². The zero-order valence-electron chi connectivity index (χ0n) is 17.7. The summed E-state index contributed by atoms with van der Waals surface area (Å²) in [5, 5.41) is 4.40. The second-order valence-electron chi connectivity index (χ2n) is 7.95. The van der Waals surface area contributed by atoms with Crippen LogP contribution in [0.4, 0.5) is 32.0 Å². The molecule has 0 radical (unpaired) electrons. The van der Waals surface area contributed by atoms with Crippen LogP contribution in [0.15, 0.2) is 24.3 Å². The number of rotatable bonds is 5. The lowest BCUT2D eigenvalue weighted by Gasteiger charge is -2.37. The van der Waals surface area contributed by atoms with Crippen LogP contribution in [0.3, 0.4) is 0 Å². The Hall–Kier alpha value is -3.03. The van der Waals surface area contributed by atoms with Gasteiger partial charge in [0.2, 0.25) is 17.7 Å². The number of hydrogen-bond acceptors (Lipinski definition) is 5. The Morgan fingerprint density at radius 1 is 1.00 bits per heavy atom. The normalized spacial score (nSPS) is 22.2. The minimum absolute atomic E-state index is 0.0417. The molecule has 3 amide bonds. The van der Waals surface area contributed by atoms with Gasteiger partial charge >= 0.3 is 12.5 Å². The molecule has 0 aliphatic carbocycles. The van der Waals surface area contributed by atoms with Crippen LogP contribution in [0.2, 0.25) is 0 Å². The summed E-state index contributed by atoms with van der Waals surface area (Å²) in [5.74, 6) is -3.49. The molecule has 14 heteroatoms. The fraction of sp³-hybridized carbons (Fsp3) is 0.550. The lowest BCUT2D eigenvalue weighted by Crippen LogP contribution is -2.57. The second-order valence-corrected chi connectivity index (χ2v) is 7.95. The lowest BCUT2D eigenvalue weighted by molar-refractivity contribution is -0.274. The molecule has 0 unspecified atom stereocenters. The molecule has 2 fully saturated rings. The van der Waals surface area contributed by atoms with Crippen molar-refractivity contribution in [1.29, 1.82) is 0 Å². The molecule has 1 aromatic rings. The molecule has 188 valence electrons. The lowest BCUT2D eigenvalue weighted by atomic mass is 9.92. The Balaban J connectivity index is 1.43. The Morgan fingerprint density at radius 2 is 1.62 bits per heavy atom. The monoisotopic (exact) mass is 496 g/mol. The summed E-state index contributed by atoms with van der Waals surface area (Å²) in [4.78, 5) is 40.0. The van der Waals surface area contributed by atoms with Gasteiger partial charge in [-0.05, 0) is 37.1 Å². The minimum Gasteiger partial charge on any atom is -0.406 e. The summed E-state index contributed by atoms with van der Waals surface area (Å²) in [5.41, 5.74) is 0.272. The predicted octanol–water partition coefficient (Wildman–Crippen LogP) is 2.12. The highest BCUT2D eigenvalue weighted by molar-refractivity contribution is 6.01. The zero-order valence-corrected chi connectivity index (χ0v) is 17.7. The van der Waals surface area contributed by atoms with Crippen LogP contribution in [0.1, 0.15) is 12.8 Å². The molecule has 0 saturated carbocycles. The third-order valence-electron chi connectivity index (χ3n) is 5.49. The fourth-order valence-electron chi connectivity index (χ4n) is 3.78. The third kappa shape index (κ3) is 6.98. The van der Waals surface area contributed by atoms with E-state index < -0.39 is 48.0 Å². The number of ether oxygens (including phenoxy) is 1. The van der Waals surface area contributed by atoms with Crippen LogP contribution in [-0.2, 0) is 14.4 Å². The number of nitrogens with zero attached hydrogens (tertiary/aromatic N) is 2. The van der Waals surface area contributed by atoms with Crippen molar-refractivity contribution in [3.8, 4) is 5.75 Å². The summed E-state index contributed by atoms with van der Waals surface area (Å²) in [6.07, 6.45) is -9.94. The third-order valence-corrected chi connectivity index (χ3v) is 5.49. The number of halogens is 6. The van der Waals surface area contributed by atoms with Crippen molar-refractivity contribution in [3.05, 3.63) is 24.3 Å². The summed E-state index contributed by atoms with van der Waals surface area (Å²) in [6, 6.07) is 2.69. The average molecular weight is 496 g/mol. The first-order chi connectivity index (χ1) is 15.8. The van der Waals surface area contributed by atoms with Gasteiger partial charge in [0, 0.05) is 31.9 Å². The molecule has 8 nitrogen and oxygen atoms in total. The van der Waals surface area contributed by atoms with E-state index in [2.05, 4.69) is 10.1 Å². The van der Waals surface area contributed by atoms with E-state index in [-0.39, 0.29) is 38.2 Å². The SMILES string of the molecule is O=C(CN1CCN(C(=O)[C@@H]2CC[C@@H](C(F)(F)F)NC2=O)CC1)Nc1ccc(OC(F)(F)F)cc1. The van der Waals surface area contributed by atoms with E-state index in [4.69, 9.17) is 0 Å². The second kappa shape index (κ2) is 10.1. The molecule has 2 aliphatic rings. The van der Waals surface area contributed by atoms with Crippen LogP contribution in [0, 0.1) is 5.92 Å². The summed E-state index contributed by atoms with van der Waals surface area (Å²) >= 11 is 0. The van der Waals surface area contributed by atoms with Crippen molar-refractivity contribution >= 4 is 23.4 Å². The van der Waals surface area contributed by atoms with E-state index in [0.29, 0.717) is 13.1 Å². The van der Waals surface area contributed by atoms with Gasteiger partial charge in [0.05, 0.1) is 6.54 Å². The van der Waals surface area contributed by atoms with Crippen LogP contribution in [0.25, 0.3) is 0 Å². The summed E-state index contributed by atoms with van der Waals surface area (Å²) in [6.45, 7) is 0.957. The number of carbonyl (C=O) groups excluding carboxylic acids is 3. The standard InChI is InChI=1S/C20H22F6N4O4/c21-19(22,23)15-6-5-14(17(32)28-15)18(33)30-9-7-29(8-10-30)11-16(31)27-12-1-3-13(4-2-12)34-20(24,25)26/h1-4,14-15H,5-11H2,(H,27,31)(H,28,32)/t14-,15+/m1/s1. The van der Waals surface area contributed by atoms with Crippen molar-refractivity contribution < 1.29 is 45.5 Å². The number of nitrogens with one attached hydrogen (secondary N) is 2. The van der Waals surface area contributed by atoms with Crippen molar-refractivity contribution in [3.63, 3.8) is 0 Å². The number of anilines is 1. The highest BCUT2D eigenvalue weighted by Gasteiger charge is 2.46. The van der Waals surface area contributed by atoms with Crippen LogP contribution < -0.4 is 15.4 Å². The van der Waals surface area contributed by atoms with Crippen molar-refractivity contribution in [2.45, 2.75) is 31.4 Å². The number of benzene rings is 1. The molecular weight excluding hydrogens is 474 g/mol. The first-order valence-corrected chi connectivity index (χ1v) is 10.4. The fourth-order valence-corrected chi connectivity index (χ4v) is 3.78. The molecule has 2 N–H and O–H groups in total. The van der Waals surface area contributed by atoms with E-state index >= 15 is 0 Å². The van der Waals surface area contributed by atoms with E-state index in [1.165, 1.54) is 17.0 Å². The van der Waals surface area contributed by atoms with Gasteiger partial charge in [0.25, 0.3) is 0 Å². The maximum absolute atomic E-state index is 12.8. The topological polar surface area (TPSA) is 91.0 Å². The van der Waals surface area contributed by atoms with Gasteiger partial charge in [-0.2, -0.15) is 13.2 Å². The number of piperazine rings is 1. The van der Waals surface area contributed by atoms with Crippen molar-refractivity contribution in [2.24, 2.45) is 5.92 Å². The summed E-state index contributed by atoms with van der Waals surface area (Å²) < 4.78 is 78.6. The first-order valence-electron chi connectivity index (χ1n) is 10.4. The van der Waals surface area contributed by atoms with Crippen molar-refractivity contribution in [2.75, 3.05) is 38.0 Å². The van der Waals surface area contributed by atoms with E-state index in [0.717, 1.165) is 12.1 Å². The molecule has 2 atom stereocenters. The Morgan fingerprint density at radius 3 is 2.15 bits per heavy atom. The number of carbonyl (C=O) groups is 3. The Bertz CT molecular complexity index is 898. The number of alkyl halides is 6. The maximum atomic E-state index is 12.8. The van der Waals surface area contributed by atoms with Crippen molar-refractivity contribution in [1.82, 2.24) is 15.1 Å². The maximum Gasteiger partial charge on any atom is 0.573 e. The molecule has 0 bridgehead atoms. The first kappa shape index (κ1) is 25.6. The quantitative estimate of drug-likeness (QED) is 0.482. The van der Waals surface area contributed by atoms with Crippen LogP contribution >= 0.6 is 0 Å². The van der Waals surface area contributed by atoms with E-state index in [9.17, 15) is 40.7 Å². The Labute approximate surface area is 190 Å². The number of amides is 3. The molecule has 2 heterocycles. The van der Waals surface area contributed by atoms with Crippen LogP contribution in [-0.4, -0.2) is 78.8 Å².